The number of hydrogen-bond acceptors (Lipinski definition) is 4. The summed E-state index contributed by atoms with van der Waals surface area (Å²) in [6, 6.07) is 9.84. The summed E-state index contributed by atoms with van der Waals surface area (Å²) in [5.74, 6) is 0.309. The van der Waals surface area contributed by atoms with Crippen molar-refractivity contribution in [1.29, 1.82) is 0 Å². The molecule has 0 spiro atoms. The molecule has 2 N–H and O–H groups in total. The number of anilines is 1. The first kappa shape index (κ1) is 25.7. The highest BCUT2D eigenvalue weighted by atomic mass is 16.5. The van der Waals surface area contributed by atoms with Crippen LogP contribution in [0.15, 0.2) is 30.3 Å². The Balaban J connectivity index is 1.76. The molecule has 34 heavy (non-hydrogen) atoms. The third-order valence-electron chi connectivity index (χ3n) is 6.11. The Hall–Kier alpha value is -2.87. The SMILES string of the molecule is COCCN(CC(=O)Nc1cc(C(C)(C)C)nn1-c1cccc(C)c1)C(=O)NC1CCCCC1. The molecule has 0 radical (unpaired) electrons. The molecule has 0 atom stereocenters. The molecule has 1 fully saturated rings. The monoisotopic (exact) mass is 469 g/mol. The molecule has 8 heteroatoms. The number of nitrogens with zero attached hydrogens (tertiary/aromatic N) is 3. The van der Waals surface area contributed by atoms with Crippen molar-refractivity contribution in [2.75, 3.05) is 32.1 Å². The van der Waals surface area contributed by atoms with Crippen LogP contribution in [0.2, 0.25) is 0 Å². The average Bonchev–Trinajstić information content (AvgIpc) is 3.21. The standard InChI is InChI=1S/C26H39N5O3/c1-19-10-9-13-21(16-19)31-23(17-22(29-31)26(2,3)4)28-24(32)18-30(14-15-34-5)25(33)27-20-11-7-6-8-12-20/h9-10,13,16-17,20H,6-8,11-12,14-15,18H2,1-5H3,(H,27,33)(H,28,32). The molecule has 8 nitrogen and oxygen atoms in total. The van der Waals surface area contributed by atoms with Crippen LogP contribution in [0.4, 0.5) is 10.6 Å². The average molecular weight is 470 g/mol. The maximum Gasteiger partial charge on any atom is 0.318 e. The van der Waals surface area contributed by atoms with Gasteiger partial charge in [0.1, 0.15) is 12.4 Å². The van der Waals surface area contributed by atoms with Crippen LogP contribution < -0.4 is 10.6 Å². The van der Waals surface area contributed by atoms with Crippen molar-refractivity contribution in [2.45, 2.75) is 71.3 Å². The molecule has 1 aromatic carbocycles. The van der Waals surface area contributed by atoms with Crippen LogP contribution in [-0.2, 0) is 14.9 Å². The largest absolute Gasteiger partial charge is 0.383 e. The molecule has 1 aliphatic carbocycles. The fraction of sp³-hybridized carbons (Fsp3) is 0.577. The van der Waals surface area contributed by atoms with E-state index >= 15 is 0 Å². The third kappa shape index (κ3) is 7.06. The Labute approximate surface area is 203 Å². The van der Waals surface area contributed by atoms with Crippen molar-refractivity contribution in [3.63, 3.8) is 0 Å². The molecule has 186 valence electrons. The van der Waals surface area contributed by atoms with Gasteiger partial charge in [0.05, 0.1) is 18.0 Å². The minimum Gasteiger partial charge on any atom is -0.383 e. The minimum atomic E-state index is -0.274. The molecule has 0 saturated heterocycles. The van der Waals surface area contributed by atoms with Gasteiger partial charge in [-0.15, -0.1) is 0 Å². The fourth-order valence-electron chi connectivity index (χ4n) is 4.12. The van der Waals surface area contributed by atoms with E-state index in [0.29, 0.717) is 19.0 Å². The Morgan fingerprint density at radius 2 is 1.91 bits per heavy atom. The van der Waals surface area contributed by atoms with Crippen molar-refractivity contribution in [3.05, 3.63) is 41.6 Å². The number of urea groups is 1. The third-order valence-corrected chi connectivity index (χ3v) is 6.11. The second-order valence-electron chi connectivity index (χ2n) is 10.2. The highest BCUT2D eigenvalue weighted by Gasteiger charge is 2.24. The number of rotatable bonds is 8. The fourth-order valence-corrected chi connectivity index (χ4v) is 4.12. The van der Waals surface area contributed by atoms with Crippen LogP contribution >= 0.6 is 0 Å². The lowest BCUT2D eigenvalue weighted by Gasteiger charge is -2.28. The van der Waals surface area contributed by atoms with Gasteiger partial charge in [-0.25, -0.2) is 9.48 Å². The lowest BCUT2D eigenvalue weighted by atomic mass is 9.92. The second-order valence-corrected chi connectivity index (χ2v) is 10.2. The number of aryl methyl sites for hydroxylation is 1. The second kappa shape index (κ2) is 11.5. The molecular weight excluding hydrogens is 430 g/mol. The highest BCUT2D eigenvalue weighted by molar-refractivity contribution is 5.94. The van der Waals surface area contributed by atoms with Crippen LogP contribution in [0.3, 0.4) is 0 Å². The number of benzene rings is 1. The van der Waals surface area contributed by atoms with Gasteiger partial charge in [-0.2, -0.15) is 5.10 Å². The molecule has 3 rings (SSSR count). The molecule has 0 bridgehead atoms. The first-order valence-electron chi connectivity index (χ1n) is 12.2. The molecule has 1 saturated carbocycles. The van der Waals surface area contributed by atoms with Crippen molar-refractivity contribution in [3.8, 4) is 5.69 Å². The van der Waals surface area contributed by atoms with Gasteiger partial charge in [-0.05, 0) is 37.5 Å². The number of carbonyl (C=O) groups is 2. The quantitative estimate of drug-likeness (QED) is 0.599. The zero-order valence-electron chi connectivity index (χ0n) is 21.2. The van der Waals surface area contributed by atoms with E-state index in [-0.39, 0.29) is 29.9 Å². The normalized spacial score (nSPS) is 14.6. The van der Waals surface area contributed by atoms with E-state index in [1.165, 1.54) is 11.3 Å². The van der Waals surface area contributed by atoms with E-state index in [2.05, 4.69) is 31.4 Å². The molecule has 1 heterocycles. The Kier molecular flexibility index (Phi) is 8.72. The molecule has 1 aliphatic rings. The van der Waals surface area contributed by atoms with Gasteiger partial charge in [-0.1, -0.05) is 52.2 Å². The van der Waals surface area contributed by atoms with E-state index in [0.717, 1.165) is 42.6 Å². The van der Waals surface area contributed by atoms with Crippen molar-refractivity contribution >= 4 is 17.8 Å². The van der Waals surface area contributed by atoms with E-state index in [1.54, 1.807) is 11.8 Å². The summed E-state index contributed by atoms with van der Waals surface area (Å²) >= 11 is 0. The molecule has 0 unspecified atom stereocenters. The Bertz CT molecular complexity index is 973. The first-order valence-corrected chi connectivity index (χ1v) is 12.2. The number of ether oxygens (including phenoxy) is 1. The summed E-state index contributed by atoms with van der Waals surface area (Å²) in [4.78, 5) is 27.5. The summed E-state index contributed by atoms with van der Waals surface area (Å²) in [5, 5.41) is 10.9. The van der Waals surface area contributed by atoms with Gasteiger partial charge >= 0.3 is 6.03 Å². The lowest BCUT2D eigenvalue weighted by Crippen LogP contribution is -2.49. The zero-order valence-corrected chi connectivity index (χ0v) is 21.2. The molecule has 1 aromatic heterocycles. The molecule has 2 aromatic rings. The Morgan fingerprint density at radius 3 is 2.56 bits per heavy atom. The van der Waals surface area contributed by atoms with Crippen LogP contribution in [-0.4, -0.2) is 59.5 Å². The van der Waals surface area contributed by atoms with Crippen molar-refractivity contribution in [1.82, 2.24) is 20.0 Å². The summed E-state index contributed by atoms with van der Waals surface area (Å²) in [6.07, 6.45) is 5.45. The predicted molar refractivity (Wildman–Crippen MR) is 134 cm³/mol. The number of carbonyl (C=O) groups excluding carboxylic acids is 2. The topological polar surface area (TPSA) is 88.5 Å². The number of nitrogens with one attached hydrogen (secondary N) is 2. The summed E-state index contributed by atoms with van der Waals surface area (Å²) < 4.78 is 6.93. The van der Waals surface area contributed by atoms with Gasteiger partial charge in [-0.3, -0.25) is 4.79 Å². The summed E-state index contributed by atoms with van der Waals surface area (Å²) in [5.41, 5.74) is 2.67. The molecule has 0 aliphatic heterocycles. The van der Waals surface area contributed by atoms with Crippen molar-refractivity contribution < 1.29 is 14.3 Å². The maximum atomic E-state index is 13.1. The van der Waals surface area contributed by atoms with Crippen molar-refractivity contribution in [2.24, 2.45) is 0 Å². The lowest BCUT2D eigenvalue weighted by molar-refractivity contribution is -0.116. The van der Waals surface area contributed by atoms with Gasteiger partial charge in [0.15, 0.2) is 0 Å². The number of hydrogen-bond donors (Lipinski definition) is 2. The number of methoxy groups -OCH3 is 1. The van der Waals surface area contributed by atoms with Gasteiger partial charge in [0, 0.05) is 31.2 Å². The van der Waals surface area contributed by atoms with Crippen LogP contribution in [0.25, 0.3) is 5.69 Å². The molecular formula is C26H39N5O3. The van der Waals surface area contributed by atoms with E-state index < -0.39 is 0 Å². The highest BCUT2D eigenvalue weighted by Crippen LogP contribution is 2.26. The smallest absolute Gasteiger partial charge is 0.318 e. The maximum absolute atomic E-state index is 13.1. The van der Waals surface area contributed by atoms with Crippen LogP contribution in [0.1, 0.15) is 64.1 Å². The van der Waals surface area contributed by atoms with E-state index in [4.69, 9.17) is 9.84 Å². The van der Waals surface area contributed by atoms with Crippen LogP contribution in [0.5, 0.6) is 0 Å². The van der Waals surface area contributed by atoms with Gasteiger partial charge < -0.3 is 20.3 Å². The zero-order chi connectivity index (χ0) is 24.7. The summed E-state index contributed by atoms with van der Waals surface area (Å²) in [7, 11) is 1.59. The number of aromatic nitrogens is 2. The van der Waals surface area contributed by atoms with Gasteiger partial charge in [0.25, 0.3) is 0 Å². The molecule has 3 amide bonds. The summed E-state index contributed by atoms with van der Waals surface area (Å²) in [6.45, 7) is 8.92. The van der Waals surface area contributed by atoms with Gasteiger partial charge in [0.2, 0.25) is 5.91 Å². The number of amides is 3. The van der Waals surface area contributed by atoms with E-state index in [9.17, 15) is 9.59 Å². The predicted octanol–water partition coefficient (Wildman–Crippen LogP) is 4.41. The minimum absolute atomic E-state index is 0.0637. The Morgan fingerprint density at radius 1 is 1.18 bits per heavy atom. The first-order chi connectivity index (χ1) is 16.2. The van der Waals surface area contributed by atoms with Crippen LogP contribution in [0, 0.1) is 6.92 Å². The van der Waals surface area contributed by atoms with E-state index in [1.807, 2.05) is 37.3 Å².